The molecule has 0 saturated carbocycles. The summed E-state index contributed by atoms with van der Waals surface area (Å²) in [6, 6.07) is 6.64. The first-order valence-corrected chi connectivity index (χ1v) is 9.54. The zero-order valence-electron chi connectivity index (χ0n) is 18.1. The lowest BCUT2D eigenvalue weighted by Crippen LogP contribution is -2.06. The van der Waals surface area contributed by atoms with Crippen molar-refractivity contribution in [3.8, 4) is 40.1 Å². The third kappa shape index (κ3) is 3.63. The maximum Gasteiger partial charge on any atom is 0.203 e. The Morgan fingerprint density at radius 3 is 1.87 bits per heavy atom. The number of hydrogen-bond acceptors (Lipinski definition) is 7. The normalized spacial score (nSPS) is 10.7. The number of hydrogen-bond donors (Lipinski definition) is 0. The van der Waals surface area contributed by atoms with Crippen molar-refractivity contribution in [1.29, 1.82) is 0 Å². The Kier molecular flexibility index (Phi) is 6.40. The molecule has 0 unspecified atom stereocenters. The Bertz CT molecular complexity index is 1090. The fourth-order valence-electron chi connectivity index (χ4n) is 3.53. The number of benzene rings is 2. The van der Waals surface area contributed by atoms with Gasteiger partial charge in [-0.2, -0.15) is 0 Å². The number of rotatable bonds is 8. The van der Waals surface area contributed by atoms with E-state index in [0.717, 1.165) is 12.0 Å². The lowest BCUT2D eigenvalue weighted by atomic mass is 10.0. The Labute approximate surface area is 175 Å². The van der Waals surface area contributed by atoms with E-state index in [9.17, 15) is 4.79 Å². The molecular weight excluding hydrogens is 388 g/mol. The number of ether oxygens (including phenoxy) is 5. The molecule has 0 atom stereocenters. The Hall–Kier alpha value is -3.35. The van der Waals surface area contributed by atoms with Crippen molar-refractivity contribution in [2.45, 2.75) is 19.8 Å². The van der Waals surface area contributed by atoms with Gasteiger partial charge in [0.05, 0.1) is 35.5 Å². The highest BCUT2D eigenvalue weighted by Gasteiger charge is 2.21. The van der Waals surface area contributed by atoms with Crippen molar-refractivity contribution in [3.63, 3.8) is 0 Å². The van der Waals surface area contributed by atoms with E-state index in [2.05, 4.69) is 6.92 Å². The summed E-state index contributed by atoms with van der Waals surface area (Å²) in [4.78, 5) is 13.1. The van der Waals surface area contributed by atoms with E-state index in [0.29, 0.717) is 57.5 Å². The van der Waals surface area contributed by atoms with E-state index in [4.69, 9.17) is 28.1 Å². The van der Waals surface area contributed by atoms with Crippen LogP contribution in [0.5, 0.6) is 28.7 Å². The van der Waals surface area contributed by atoms with Crippen LogP contribution < -0.4 is 29.1 Å². The highest BCUT2D eigenvalue weighted by molar-refractivity contribution is 5.89. The van der Waals surface area contributed by atoms with Crippen LogP contribution in [0.3, 0.4) is 0 Å². The largest absolute Gasteiger partial charge is 0.496 e. The number of fused-ring (bicyclic) bond motifs is 1. The summed E-state index contributed by atoms with van der Waals surface area (Å²) in [5, 5.41) is 0.387. The maximum atomic E-state index is 13.1. The average molecular weight is 414 g/mol. The molecule has 30 heavy (non-hydrogen) atoms. The molecule has 0 aliphatic carbocycles. The van der Waals surface area contributed by atoms with Crippen LogP contribution in [-0.2, 0) is 6.42 Å². The van der Waals surface area contributed by atoms with Gasteiger partial charge in [0.15, 0.2) is 16.9 Å². The first kappa shape index (κ1) is 21.4. The van der Waals surface area contributed by atoms with E-state index in [-0.39, 0.29) is 5.43 Å². The van der Waals surface area contributed by atoms with Crippen LogP contribution in [0.15, 0.2) is 33.5 Å². The topological polar surface area (TPSA) is 76.4 Å². The van der Waals surface area contributed by atoms with E-state index in [1.165, 1.54) is 34.5 Å². The Morgan fingerprint density at radius 1 is 0.767 bits per heavy atom. The molecule has 0 spiro atoms. The molecular formula is C23H26O7. The van der Waals surface area contributed by atoms with Crippen LogP contribution in [0.4, 0.5) is 0 Å². The molecule has 0 N–H and O–H groups in total. The molecule has 3 aromatic rings. The van der Waals surface area contributed by atoms with Crippen LogP contribution >= 0.6 is 0 Å². The van der Waals surface area contributed by atoms with Crippen LogP contribution in [0.2, 0.25) is 0 Å². The minimum absolute atomic E-state index is 0.211. The van der Waals surface area contributed by atoms with E-state index >= 15 is 0 Å². The van der Waals surface area contributed by atoms with Gasteiger partial charge in [-0.3, -0.25) is 4.79 Å². The molecule has 0 aliphatic heterocycles. The predicted octanol–water partition coefficient (Wildman–Crippen LogP) is 4.46. The van der Waals surface area contributed by atoms with E-state index in [1.807, 2.05) is 0 Å². The number of methoxy groups -OCH3 is 5. The molecule has 3 rings (SSSR count). The van der Waals surface area contributed by atoms with E-state index < -0.39 is 0 Å². The van der Waals surface area contributed by atoms with Crippen LogP contribution in [0.1, 0.15) is 18.9 Å². The molecule has 0 fully saturated rings. The molecule has 1 aromatic heterocycles. The first-order valence-electron chi connectivity index (χ1n) is 9.54. The zero-order chi connectivity index (χ0) is 21.8. The second-order valence-electron chi connectivity index (χ2n) is 6.60. The van der Waals surface area contributed by atoms with Gasteiger partial charge in [-0.05, 0) is 18.6 Å². The highest BCUT2D eigenvalue weighted by atomic mass is 16.5. The van der Waals surface area contributed by atoms with Crippen molar-refractivity contribution >= 4 is 11.0 Å². The van der Waals surface area contributed by atoms with Gasteiger partial charge in [0.1, 0.15) is 28.2 Å². The lowest BCUT2D eigenvalue weighted by Gasteiger charge is -2.16. The molecule has 7 heteroatoms. The molecule has 160 valence electrons. The smallest absolute Gasteiger partial charge is 0.203 e. The van der Waals surface area contributed by atoms with E-state index in [1.54, 1.807) is 25.3 Å². The third-order valence-electron chi connectivity index (χ3n) is 4.92. The summed E-state index contributed by atoms with van der Waals surface area (Å²) in [6.45, 7) is 2.05. The molecule has 0 amide bonds. The summed E-state index contributed by atoms with van der Waals surface area (Å²) in [5.41, 5.74) is 1.68. The quantitative estimate of drug-likeness (QED) is 0.539. The van der Waals surface area contributed by atoms with Crippen LogP contribution in [0, 0.1) is 0 Å². The molecule has 0 bridgehead atoms. The standard InChI is InChI=1S/C23H26O7/c1-7-8-14-17(25-2)12-18(26-3)21-15(24)11-16(30-22(14)21)13-9-19(27-4)23(29-6)20(10-13)28-5/h9-12H,7-8H2,1-6H3. The zero-order valence-corrected chi connectivity index (χ0v) is 18.1. The highest BCUT2D eigenvalue weighted by Crippen LogP contribution is 2.42. The predicted molar refractivity (Wildman–Crippen MR) is 115 cm³/mol. The van der Waals surface area contributed by atoms with Crippen molar-refractivity contribution < 1.29 is 28.1 Å². The SMILES string of the molecule is CCCc1c(OC)cc(OC)c2c(=O)cc(-c3cc(OC)c(OC)c(OC)c3)oc12. The summed E-state index contributed by atoms with van der Waals surface area (Å²) < 4.78 is 33.5. The van der Waals surface area contributed by atoms with Crippen molar-refractivity contribution in [3.05, 3.63) is 40.1 Å². The van der Waals surface area contributed by atoms with Gasteiger partial charge >= 0.3 is 0 Å². The van der Waals surface area contributed by atoms with Crippen LogP contribution in [-0.4, -0.2) is 35.5 Å². The van der Waals surface area contributed by atoms with Gasteiger partial charge in [-0.25, -0.2) is 0 Å². The minimum atomic E-state index is -0.211. The lowest BCUT2D eigenvalue weighted by molar-refractivity contribution is 0.324. The monoisotopic (exact) mass is 414 g/mol. The summed E-state index contributed by atoms with van der Waals surface area (Å²) in [5.74, 6) is 2.79. The van der Waals surface area contributed by atoms with Crippen molar-refractivity contribution in [2.24, 2.45) is 0 Å². The fourth-order valence-corrected chi connectivity index (χ4v) is 3.53. The van der Waals surface area contributed by atoms with Gasteiger partial charge in [0.2, 0.25) is 5.75 Å². The van der Waals surface area contributed by atoms with Crippen LogP contribution in [0.25, 0.3) is 22.3 Å². The third-order valence-corrected chi connectivity index (χ3v) is 4.92. The van der Waals surface area contributed by atoms with Crippen molar-refractivity contribution in [2.75, 3.05) is 35.5 Å². The van der Waals surface area contributed by atoms with Crippen molar-refractivity contribution in [1.82, 2.24) is 0 Å². The first-order chi connectivity index (χ1) is 14.5. The fraction of sp³-hybridized carbons (Fsp3) is 0.348. The number of aryl methyl sites for hydroxylation is 1. The Balaban J connectivity index is 2.36. The summed E-state index contributed by atoms with van der Waals surface area (Å²) in [6.07, 6.45) is 1.54. The van der Waals surface area contributed by atoms with Gasteiger partial charge in [0.25, 0.3) is 0 Å². The summed E-state index contributed by atoms with van der Waals surface area (Å²) >= 11 is 0. The maximum absolute atomic E-state index is 13.1. The van der Waals surface area contributed by atoms with Gasteiger partial charge in [-0.15, -0.1) is 0 Å². The molecule has 2 aromatic carbocycles. The second-order valence-corrected chi connectivity index (χ2v) is 6.60. The molecule has 0 radical (unpaired) electrons. The minimum Gasteiger partial charge on any atom is -0.496 e. The Morgan fingerprint density at radius 2 is 1.37 bits per heavy atom. The molecule has 0 aliphatic rings. The second kappa shape index (κ2) is 8.98. The average Bonchev–Trinajstić information content (AvgIpc) is 2.77. The molecule has 0 saturated heterocycles. The summed E-state index contributed by atoms with van der Waals surface area (Å²) in [7, 11) is 7.70. The van der Waals surface area contributed by atoms with Gasteiger partial charge in [-0.1, -0.05) is 13.3 Å². The molecule has 7 nitrogen and oxygen atoms in total. The molecule has 1 heterocycles. The van der Waals surface area contributed by atoms with Gasteiger partial charge in [0, 0.05) is 23.3 Å². The van der Waals surface area contributed by atoms with Gasteiger partial charge < -0.3 is 28.1 Å².